The predicted molar refractivity (Wildman–Crippen MR) is 58.6 cm³/mol. The zero-order valence-electron chi connectivity index (χ0n) is 8.73. The Labute approximate surface area is 92.3 Å². The molecule has 0 aromatic carbocycles. The smallest absolute Gasteiger partial charge is 0.124 e. The van der Waals surface area contributed by atoms with Crippen LogP contribution in [-0.2, 0) is 6.54 Å². The highest BCUT2D eigenvalue weighted by Crippen LogP contribution is 2.19. The highest BCUT2D eigenvalue weighted by molar-refractivity contribution is 7.11. The summed E-state index contributed by atoms with van der Waals surface area (Å²) in [5, 5.41) is 8.30. The van der Waals surface area contributed by atoms with Gasteiger partial charge in [-0.15, -0.1) is 11.3 Å². The molecule has 0 saturated carbocycles. The van der Waals surface area contributed by atoms with Gasteiger partial charge in [-0.1, -0.05) is 5.16 Å². The lowest BCUT2D eigenvalue weighted by molar-refractivity contribution is 0.406. The first-order valence-electron chi connectivity index (χ1n) is 4.80. The molecule has 0 radical (unpaired) electrons. The molecule has 80 valence electrons. The lowest BCUT2D eigenvalue weighted by atomic mass is 10.3. The SMILES string of the molecule is Cc1ncc(C(C)NCc2ccon2)s1. The third kappa shape index (κ3) is 2.64. The molecule has 1 atom stereocenters. The van der Waals surface area contributed by atoms with Crippen molar-refractivity contribution in [3.8, 4) is 0 Å². The molecule has 2 aromatic heterocycles. The second-order valence-electron chi connectivity index (χ2n) is 3.38. The van der Waals surface area contributed by atoms with Gasteiger partial charge in [-0.2, -0.15) is 0 Å². The number of hydrogen-bond donors (Lipinski definition) is 1. The van der Waals surface area contributed by atoms with Crippen molar-refractivity contribution < 1.29 is 4.52 Å². The third-order valence-electron chi connectivity index (χ3n) is 2.15. The second-order valence-corrected chi connectivity index (χ2v) is 4.64. The molecule has 2 rings (SSSR count). The highest BCUT2D eigenvalue weighted by Gasteiger charge is 2.08. The molecule has 5 heteroatoms. The first kappa shape index (κ1) is 10.3. The summed E-state index contributed by atoms with van der Waals surface area (Å²) in [7, 11) is 0. The zero-order valence-corrected chi connectivity index (χ0v) is 9.54. The van der Waals surface area contributed by atoms with E-state index in [2.05, 4.69) is 22.4 Å². The standard InChI is InChI=1S/C10H13N3OS/c1-7(10-6-12-8(2)15-10)11-5-9-3-4-14-13-9/h3-4,6-7,11H,5H2,1-2H3. The quantitative estimate of drug-likeness (QED) is 0.864. The summed E-state index contributed by atoms with van der Waals surface area (Å²) in [6, 6.07) is 2.16. The van der Waals surface area contributed by atoms with Gasteiger partial charge in [0, 0.05) is 29.7 Å². The van der Waals surface area contributed by atoms with E-state index in [4.69, 9.17) is 4.52 Å². The normalized spacial score (nSPS) is 12.9. The Morgan fingerprint density at radius 1 is 1.60 bits per heavy atom. The van der Waals surface area contributed by atoms with Crippen molar-refractivity contribution in [1.82, 2.24) is 15.5 Å². The van der Waals surface area contributed by atoms with E-state index in [0.717, 1.165) is 10.7 Å². The number of hydrogen-bond acceptors (Lipinski definition) is 5. The van der Waals surface area contributed by atoms with Crippen LogP contribution in [0.4, 0.5) is 0 Å². The molecule has 4 nitrogen and oxygen atoms in total. The molecular formula is C10H13N3OS. The molecule has 0 saturated heterocycles. The largest absolute Gasteiger partial charge is 0.364 e. The van der Waals surface area contributed by atoms with Crippen molar-refractivity contribution in [2.45, 2.75) is 26.4 Å². The molecule has 0 bridgehead atoms. The molecule has 2 aromatic rings. The monoisotopic (exact) mass is 223 g/mol. The van der Waals surface area contributed by atoms with Crippen LogP contribution in [0.3, 0.4) is 0 Å². The fraction of sp³-hybridized carbons (Fsp3) is 0.400. The minimum atomic E-state index is 0.299. The second kappa shape index (κ2) is 4.55. The van der Waals surface area contributed by atoms with Gasteiger partial charge < -0.3 is 9.84 Å². The van der Waals surface area contributed by atoms with Crippen LogP contribution >= 0.6 is 11.3 Å². The molecule has 1 N–H and O–H groups in total. The Morgan fingerprint density at radius 2 is 2.47 bits per heavy atom. The Hall–Kier alpha value is -1.20. The summed E-state index contributed by atoms with van der Waals surface area (Å²) < 4.78 is 4.76. The number of nitrogens with one attached hydrogen (secondary N) is 1. The van der Waals surface area contributed by atoms with Crippen LogP contribution < -0.4 is 5.32 Å². The molecule has 0 spiro atoms. The minimum absolute atomic E-state index is 0.299. The van der Waals surface area contributed by atoms with Crippen LogP contribution in [0.5, 0.6) is 0 Å². The number of rotatable bonds is 4. The maximum atomic E-state index is 4.76. The van der Waals surface area contributed by atoms with Crippen molar-refractivity contribution >= 4 is 11.3 Å². The van der Waals surface area contributed by atoms with Gasteiger partial charge in [0.1, 0.15) is 6.26 Å². The summed E-state index contributed by atoms with van der Waals surface area (Å²) in [5.41, 5.74) is 0.920. The van der Waals surface area contributed by atoms with Crippen molar-refractivity contribution in [3.05, 3.63) is 34.1 Å². The van der Waals surface area contributed by atoms with Crippen LogP contribution in [-0.4, -0.2) is 10.1 Å². The molecule has 0 fully saturated rings. The fourth-order valence-electron chi connectivity index (χ4n) is 1.26. The van der Waals surface area contributed by atoms with Crippen LogP contribution in [0, 0.1) is 6.92 Å². The maximum Gasteiger partial charge on any atom is 0.124 e. The first-order chi connectivity index (χ1) is 7.25. The minimum Gasteiger partial charge on any atom is -0.364 e. The third-order valence-corrected chi connectivity index (χ3v) is 3.24. The summed E-state index contributed by atoms with van der Waals surface area (Å²) in [6.45, 7) is 4.85. The van der Waals surface area contributed by atoms with Crippen LogP contribution in [0.1, 0.15) is 28.5 Å². The van der Waals surface area contributed by atoms with Crippen LogP contribution in [0.15, 0.2) is 23.0 Å². The topological polar surface area (TPSA) is 51.0 Å². The summed E-state index contributed by atoms with van der Waals surface area (Å²) in [6.07, 6.45) is 3.50. The van der Waals surface area contributed by atoms with Gasteiger partial charge >= 0.3 is 0 Å². The van der Waals surface area contributed by atoms with Gasteiger partial charge in [0.15, 0.2) is 0 Å². The van der Waals surface area contributed by atoms with Gasteiger partial charge in [0.05, 0.1) is 10.7 Å². The number of aryl methyl sites for hydroxylation is 1. The van der Waals surface area contributed by atoms with Gasteiger partial charge in [0.2, 0.25) is 0 Å². The molecule has 0 aliphatic rings. The Kier molecular flexibility index (Phi) is 3.13. The molecule has 0 aliphatic heterocycles. The lowest BCUT2D eigenvalue weighted by Gasteiger charge is -2.09. The van der Waals surface area contributed by atoms with E-state index in [0.29, 0.717) is 12.6 Å². The van der Waals surface area contributed by atoms with E-state index in [1.165, 1.54) is 4.88 Å². The molecule has 1 unspecified atom stereocenters. The summed E-state index contributed by atoms with van der Waals surface area (Å²) in [4.78, 5) is 5.47. The van der Waals surface area contributed by atoms with E-state index >= 15 is 0 Å². The van der Waals surface area contributed by atoms with Gasteiger partial charge in [0.25, 0.3) is 0 Å². The average molecular weight is 223 g/mol. The van der Waals surface area contributed by atoms with Gasteiger partial charge in [-0.25, -0.2) is 4.98 Å². The van der Waals surface area contributed by atoms with E-state index in [1.54, 1.807) is 17.6 Å². The summed E-state index contributed by atoms with van der Waals surface area (Å²) >= 11 is 1.72. The van der Waals surface area contributed by atoms with Crippen LogP contribution in [0.2, 0.25) is 0 Å². The van der Waals surface area contributed by atoms with E-state index in [-0.39, 0.29) is 0 Å². The molecule has 15 heavy (non-hydrogen) atoms. The average Bonchev–Trinajstić information content (AvgIpc) is 2.84. The molecule has 0 aliphatic carbocycles. The van der Waals surface area contributed by atoms with Gasteiger partial charge in [-0.3, -0.25) is 0 Å². The highest BCUT2D eigenvalue weighted by atomic mass is 32.1. The zero-order chi connectivity index (χ0) is 10.7. The van der Waals surface area contributed by atoms with Crippen molar-refractivity contribution in [2.24, 2.45) is 0 Å². The maximum absolute atomic E-state index is 4.76. The molecular weight excluding hydrogens is 210 g/mol. The molecule has 0 amide bonds. The van der Waals surface area contributed by atoms with Crippen molar-refractivity contribution in [1.29, 1.82) is 0 Å². The van der Waals surface area contributed by atoms with Gasteiger partial charge in [-0.05, 0) is 13.8 Å². The Morgan fingerprint density at radius 3 is 3.07 bits per heavy atom. The Balaban J connectivity index is 1.90. The number of aromatic nitrogens is 2. The number of nitrogens with zero attached hydrogens (tertiary/aromatic N) is 2. The van der Waals surface area contributed by atoms with E-state index in [1.807, 2.05) is 19.2 Å². The Bertz CT molecular complexity index is 410. The fourth-order valence-corrected chi connectivity index (χ4v) is 2.08. The lowest BCUT2D eigenvalue weighted by Crippen LogP contribution is -2.17. The van der Waals surface area contributed by atoms with E-state index in [9.17, 15) is 0 Å². The van der Waals surface area contributed by atoms with E-state index < -0.39 is 0 Å². The van der Waals surface area contributed by atoms with Crippen LogP contribution in [0.25, 0.3) is 0 Å². The predicted octanol–water partition coefficient (Wildman–Crippen LogP) is 2.29. The van der Waals surface area contributed by atoms with Crippen molar-refractivity contribution in [3.63, 3.8) is 0 Å². The summed E-state index contributed by atoms with van der Waals surface area (Å²) in [5.74, 6) is 0. The number of thiazole rings is 1. The first-order valence-corrected chi connectivity index (χ1v) is 5.62. The molecule has 2 heterocycles. The van der Waals surface area contributed by atoms with Crippen molar-refractivity contribution in [2.75, 3.05) is 0 Å².